The molecule has 2 rings (SSSR count). The van der Waals surface area contributed by atoms with Gasteiger partial charge < -0.3 is 20.3 Å². The first-order chi connectivity index (χ1) is 9.10. The van der Waals surface area contributed by atoms with Gasteiger partial charge in [0.1, 0.15) is 5.75 Å². The van der Waals surface area contributed by atoms with Crippen molar-refractivity contribution in [2.45, 2.75) is 12.5 Å². The van der Waals surface area contributed by atoms with Crippen molar-refractivity contribution in [3.8, 4) is 17.2 Å². The molecule has 3 N–H and O–H groups in total. The Kier molecular flexibility index (Phi) is 4.17. The van der Waals surface area contributed by atoms with Crippen LogP contribution in [0.1, 0.15) is 18.0 Å². The molecule has 0 spiro atoms. The van der Waals surface area contributed by atoms with Crippen molar-refractivity contribution in [1.82, 2.24) is 4.90 Å². The lowest BCUT2D eigenvalue weighted by Crippen LogP contribution is -2.20. The fourth-order valence-electron chi connectivity index (χ4n) is 2.81. The molecular formula is C14H22N2O3. The molecule has 1 aliphatic rings. The molecule has 19 heavy (non-hydrogen) atoms. The van der Waals surface area contributed by atoms with Crippen LogP contribution in [-0.2, 0) is 0 Å². The second-order valence-corrected chi connectivity index (χ2v) is 5.06. The summed E-state index contributed by atoms with van der Waals surface area (Å²) in [5, 5.41) is 9.96. The molecule has 1 aromatic rings. The molecule has 0 amide bonds. The minimum absolute atomic E-state index is 0.142. The van der Waals surface area contributed by atoms with Crippen LogP contribution in [0.15, 0.2) is 12.1 Å². The van der Waals surface area contributed by atoms with Crippen LogP contribution in [-0.4, -0.2) is 44.4 Å². The zero-order chi connectivity index (χ0) is 14.0. The number of nitrogens with zero attached hydrogens (tertiary/aromatic N) is 1. The van der Waals surface area contributed by atoms with Crippen LogP contribution in [0.4, 0.5) is 0 Å². The van der Waals surface area contributed by atoms with E-state index < -0.39 is 0 Å². The van der Waals surface area contributed by atoms with Crippen LogP contribution in [0.2, 0.25) is 0 Å². The maximum Gasteiger partial charge on any atom is 0.164 e. The molecular weight excluding hydrogens is 244 g/mol. The van der Waals surface area contributed by atoms with Gasteiger partial charge in [-0.05, 0) is 32.0 Å². The summed E-state index contributed by atoms with van der Waals surface area (Å²) in [6.07, 6.45) is 0.981. The van der Waals surface area contributed by atoms with Gasteiger partial charge in [-0.15, -0.1) is 0 Å². The van der Waals surface area contributed by atoms with Crippen molar-refractivity contribution >= 4 is 0 Å². The molecule has 0 saturated carbocycles. The first-order valence-electron chi connectivity index (χ1n) is 6.45. The number of phenolic OH excluding ortho intramolecular Hbond substituents is 1. The Labute approximate surface area is 113 Å². The molecule has 5 heteroatoms. The van der Waals surface area contributed by atoms with Crippen LogP contribution in [0.3, 0.4) is 0 Å². The number of hydrogen-bond donors (Lipinski definition) is 2. The van der Waals surface area contributed by atoms with Crippen molar-refractivity contribution in [3.05, 3.63) is 17.7 Å². The van der Waals surface area contributed by atoms with Crippen molar-refractivity contribution in [2.75, 3.05) is 34.4 Å². The maximum absolute atomic E-state index is 9.96. The predicted molar refractivity (Wildman–Crippen MR) is 73.7 cm³/mol. The zero-order valence-corrected chi connectivity index (χ0v) is 11.7. The Hall–Kier alpha value is -1.46. The first-order valence-corrected chi connectivity index (χ1v) is 6.45. The summed E-state index contributed by atoms with van der Waals surface area (Å²) < 4.78 is 10.5. The summed E-state index contributed by atoms with van der Waals surface area (Å²) in [4.78, 5) is 2.25. The molecule has 0 radical (unpaired) electrons. The van der Waals surface area contributed by atoms with Gasteiger partial charge in [0, 0.05) is 24.2 Å². The highest BCUT2D eigenvalue weighted by atomic mass is 16.5. The van der Waals surface area contributed by atoms with E-state index in [1.165, 1.54) is 7.11 Å². The van der Waals surface area contributed by atoms with E-state index in [0.717, 1.165) is 24.3 Å². The second-order valence-electron chi connectivity index (χ2n) is 5.06. The van der Waals surface area contributed by atoms with Crippen LogP contribution in [0.5, 0.6) is 17.2 Å². The molecule has 2 atom stereocenters. The van der Waals surface area contributed by atoms with Crippen molar-refractivity contribution in [2.24, 2.45) is 11.7 Å². The van der Waals surface area contributed by atoms with E-state index in [0.29, 0.717) is 18.2 Å². The second kappa shape index (κ2) is 5.67. The number of benzene rings is 1. The molecule has 106 valence electrons. The number of phenols is 1. The number of ether oxygens (including phenoxy) is 2. The number of likely N-dealkylation sites (tertiary alicyclic amines) is 1. The average molecular weight is 266 g/mol. The largest absolute Gasteiger partial charge is 0.504 e. The Morgan fingerprint density at radius 2 is 2.00 bits per heavy atom. The molecule has 0 bridgehead atoms. The molecule has 1 saturated heterocycles. The van der Waals surface area contributed by atoms with Gasteiger partial charge in [0.05, 0.1) is 14.2 Å². The van der Waals surface area contributed by atoms with Crippen molar-refractivity contribution in [3.63, 3.8) is 0 Å². The van der Waals surface area contributed by atoms with Crippen LogP contribution >= 0.6 is 0 Å². The molecule has 1 heterocycles. The summed E-state index contributed by atoms with van der Waals surface area (Å²) in [6, 6.07) is 3.69. The van der Waals surface area contributed by atoms with Crippen LogP contribution in [0.25, 0.3) is 0 Å². The summed E-state index contributed by atoms with van der Waals surface area (Å²) in [5.41, 5.74) is 6.74. The number of aromatic hydroxyl groups is 1. The van der Waals surface area contributed by atoms with Gasteiger partial charge in [0.25, 0.3) is 0 Å². The molecule has 1 aliphatic heterocycles. The van der Waals surface area contributed by atoms with E-state index in [2.05, 4.69) is 11.9 Å². The Morgan fingerprint density at radius 1 is 1.32 bits per heavy atom. The number of methoxy groups -OCH3 is 2. The number of hydrogen-bond acceptors (Lipinski definition) is 5. The minimum atomic E-state index is 0.142. The molecule has 0 aliphatic carbocycles. The summed E-state index contributed by atoms with van der Waals surface area (Å²) in [5.74, 6) is 1.80. The van der Waals surface area contributed by atoms with Crippen LogP contribution in [0, 0.1) is 5.92 Å². The lowest BCUT2D eigenvalue weighted by Gasteiger charge is -2.22. The fourth-order valence-corrected chi connectivity index (χ4v) is 2.81. The third kappa shape index (κ3) is 2.62. The van der Waals surface area contributed by atoms with E-state index in [9.17, 15) is 5.11 Å². The highest BCUT2D eigenvalue weighted by Crippen LogP contribution is 2.42. The Balaban J connectivity index is 2.36. The first kappa shape index (κ1) is 14.0. The Morgan fingerprint density at radius 3 is 2.53 bits per heavy atom. The van der Waals surface area contributed by atoms with Crippen molar-refractivity contribution in [1.29, 1.82) is 0 Å². The molecule has 1 fully saturated rings. The van der Waals surface area contributed by atoms with Gasteiger partial charge in [-0.25, -0.2) is 0 Å². The van der Waals surface area contributed by atoms with Gasteiger partial charge in [-0.3, -0.25) is 4.90 Å². The predicted octanol–water partition coefficient (Wildman–Crippen LogP) is 1.36. The summed E-state index contributed by atoms with van der Waals surface area (Å²) in [7, 11) is 5.23. The number of nitrogens with two attached hydrogens (primary N) is 1. The number of rotatable bonds is 4. The lowest BCUT2D eigenvalue weighted by atomic mass is 9.98. The van der Waals surface area contributed by atoms with Gasteiger partial charge >= 0.3 is 0 Å². The van der Waals surface area contributed by atoms with E-state index in [1.54, 1.807) is 19.2 Å². The lowest BCUT2D eigenvalue weighted by molar-refractivity contribution is 0.299. The molecule has 5 nitrogen and oxygen atoms in total. The third-order valence-electron chi connectivity index (χ3n) is 3.86. The molecule has 0 aromatic heterocycles. The highest BCUT2D eigenvalue weighted by molar-refractivity contribution is 5.51. The van der Waals surface area contributed by atoms with Gasteiger partial charge in [-0.2, -0.15) is 0 Å². The smallest absolute Gasteiger partial charge is 0.164 e. The quantitative estimate of drug-likeness (QED) is 0.861. The van der Waals surface area contributed by atoms with E-state index in [-0.39, 0.29) is 11.8 Å². The molecule has 2 unspecified atom stereocenters. The minimum Gasteiger partial charge on any atom is -0.504 e. The SMILES string of the molecule is COc1cc(OC)c(C2CC(CN)CN2C)cc1O. The maximum atomic E-state index is 9.96. The normalized spacial score (nSPS) is 23.6. The summed E-state index contributed by atoms with van der Waals surface area (Å²) in [6.45, 7) is 1.66. The topological polar surface area (TPSA) is 68.0 Å². The zero-order valence-electron chi connectivity index (χ0n) is 11.7. The van der Waals surface area contributed by atoms with E-state index >= 15 is 0 Å². The van der Waals surface area contributed by atoms with Gasteiger partial charge in [0.15, 0.2) is 11.5 Å². The average Bonchev–Trinajstić information content (AvgIpc) is 2.79. The van der Waals surface area contributed by atoms with E-state index in [1.807, 2.05) is 0 Å². The highest BCUT2D eigenvalue weighted by Gasteiger charge is 2.32. The van der Waals surface area contributed by atoms with E-state index in [4.69, 9.17) is 15.2 Å². The summed E-state index contributed by atoms with van der Waals surface area (Å²) >= 11 is 0. The Bertz CT molecular complexity index is 451. The monoisotopic (exact) mass is 266 g/mol. The van der Waals surface area contributed by atoms with Gasteiger partial charge in [0.2, 0.25) is 0 Å². The third-order valence-corrected chi connectivity index (χ3v) is 3.86. The molecule has 1 aromatic carbocycles. The van der Waals surface area contributed by atoms with Crippen molar-refractivity contribution < 1.29 is 14.6 Å². The fraction of sp³-hybridized carbons (Fsp3) is 0.571. The standard InChI is InChI=1S/C14H22N2O3/c1-16-8-9(7-15)4-11(16)10-5-12(17)14(19-3)6-13(10)18-2/h5-6,9,11,17H,4,7-8,15H2,1-3H3. The van der Waals surface area contributed by atoms with Gasteiger partial charge in [-0.1, -0.05) is 0 Å². The van der Waals surface area contributed by atoms with Crippen LogP contribution < -0.4 is 15.2 Å².